The van der Waals surface area contributed by atoms with Gasteiger partial charge in [0.15, 0.2) is 16.6 Å². The average molecular weight is 426 g/mol. The zero-order chi connectivity index (χ0) is 20.2. The van der Waals surface area contributed by atoms with Gasteiger partial charge in [-0.15, -0.1) is 0 Å². The van der Waals surface area contributed by atoms with Gasteiger partial charge in [0.1, 0.15) is 11.9 Å². The van der Waals surface area contributed by atoms with Crippen molar-refractivity contribution in [1.29, 1.82) is 5.26 Å². The van der Waals surface area contributed by atoms with Gasteiger partial charge in [-0.3, -0.25) is 0 Å². The van der Waals surface area contributed by atoms with Crippen molar-refractivity contribution in [3.8, 4) is 17.6 Å². The van der Waals surface area contributed by atoms with Crippen LogP contribution in [0.1, 0.15) is 5.56 Å². The summed E-state index contributed by atoms with van der Waals surface area (Å²) >= 11 is 11.2. The van der Waals surface area contributed by atoms with E-state index in [0.717, 1.165) is 16.6 Å². The Morgan fingerprint density at radius 2 is 2.00 bits per heavy atom. The normalized spacial score (nSPS) is 11.7. The first-order chi connectivity index (χ1) is 14.1. The van der Waals surface area contributed by atoms with Crippen molar-refractivity contribution in [2.75, 3.05) is 30.5 Å². The number of nitrogens with zero attached hydrogens (tertiary/aromatic N) is 2. The lowest BCUT2D eigenvalue weighted by Gasteiger charge is -2.12. The molecule has 2 heterocycles. The minimum atomic E-state index is 0.191. The van der Waals surface area contributed by atoms with E-state index >= 15 is 0 Å². The molecule has 0 spiro atoms. The second kappa shape index (κ2) is 8.39. The molecule has 9 heteroatoms. The van der Waals surface area contributed by atoms with Crippen LogP contribution in [-0.2, 0) is 0 Å². The Balaban J connectivity index is 1.37. The monoisotopic (exact) mass is 425 g/mol. The van der Waals surface area contributed by atoms with Gasteiger partial charge in [0.2, 0.25) is 6.79 Å². The van der Waals surface area contributed by atoms with Crippen LogP contribution in [0.25, 0.3) is 10.9 Å². The number of benzene rings is 2. The molecule has 4 rings (SSSR count). The summed E-state index contributed by atoms with van der Waals surface area (Å²) in [6.07, 6.45) is 0. The van der Waals surface area contributed by atoms with E-state index in [1.54, 1.807) is 18.2 Å². The van der Waals surface area contributed by atoms with Crippen LogP contribution >= 0.6 is 23.8 Å². The second-order valence-electron chi connectivity index (χ2n) is 6.21. The average Bonchev–Trinajstić information content (AvgIpc) is 3.16. The Morgan fingerprint density at radius 3 is 2.79 bits per heavy atom. The molecule has 3 aromatic rings. The maximum Gasteiger partial charge on any atom is 0.231 e. The van der Waals surface area contributed by atoms with Gasteiger partial charge in [-0.25, -0.2) is 4.98 Å². The van der Waals surface area contributed by atoms with E-state index in [2.05, 4.69) is 27.0 Å². The summed E-state index contributed by atoms with van der Waals surface area (Å²) in [4.78, 5) is 4.56. The lowest BCUT2D eigenvalue weighted by atomic mass is 10.1. The van der Waals surface area contributed by atoms with E-state index in [9.17, 15) is 5.26 Å². The first-order valence-electron chi connectivity index (χ1n) is 8.81. The zero-order valence-corrected chi connectivity index (χ0v) is 16.7. The van der Waals surface area contributed by atoms with Crippen molar-refractivity contribution in [2.45, 2.75) is 0 Å². The molecule has 1 aliphatic heterocycles. The van der Waals surface area contributed by atoms with Gasteiger partial charge in [0.05, 0.1) is 11.1 Å². The zero-order valence-electron chi connectivity index (χ0n) is 15.2. The van der Waals surface area contributed by atoms with Crippen molar-refractivity contribution in [3.05, 3.63) is 53.1 Å². The smallest absolute Gasteiger partial charge is 0.231 e. The van der Waals surface area contributed by atoms with Gasteiger partial charge < -0.3 is 25.4 Å². The highest BCUT2D eigenvalue weighted by molar-refractivity contribution is 7.80. The first kappa shape index (κ1) is 19.1. The molecule has 0 radical (unpaired) electrons. The SMILES string of the molecule is N#Cc1cc2cc3c(cc2nc1NCCNC(=S)Nc1cccc(Cl)c1)OCO3. The van der Waals surface area contributed by atoms with Crippen LogP contribution in [0.5, 0.6) is 11.5 Å². The third-order valence-electron chi connectivity index (χ3n) is 4.22. The van der Waals surface area contributed by atoms with Crippen LogP contribution in [0.15, 0.2) is 42.5 Å². The molecule has 146 valence electrons. The molecule has 0 unspecified atom stereocenters. The summed E-state index contributed by atoms with van der Waals surface area (Å²) in [7, 11) is 0. The van der Waals surface area contributed by atoms with Gasteiger partial charge in [-0.2, -0.15) is 5.26 Å². The number of rotatable bonds is 5. The quantitative estimate of drug-likeness (QED) is 0.419. The van der Waals surface area contributed by atoms with Crippen molar-refractivity contribution in [2.24, 2.45) is 0 Å². The number of hydrogen-bond acceptors (Lipinski definition) is 6. The minimum Gasteiger partial charge on any atom is -0.454 e. The molecular formula is C20H16ClN5O2S. The lowest BCUT2D eigenvalue weighted by Crippen LogP contribution is -2.32. The number of anilines is 2. The van der Waals surface area contributed by atoms with E-state index in [1.807, 2.05) is 24.3 Å². The predicted molar refractivity (Wildman–Crippen MR) is 117 cm³/mol. The summed E-state index contributed by atoms with van der Waals surface area (Å²) in [5.74, 6) is 1.82. The van der Waals surface area contributed by atoms with Crippen molar-refractivity contribution in [1.82, 2.24) is 10.3 Å². The summed E-state index contributed by atoms with van der Waals surface area (Å²) in [5.41, 5.74) is 1.99. The van der Waals surface area contributed by atoms with Gasteiger partial charge in [0, 0.05) is 35.3 Å². The molecule has 0 bridgehead atoms. The summed E-state index contributed by atoms with van der Waals surface area (Å²) in [5, 5.41) is 20.7. The maximum absolute atomic E-state index is 9.46. The third-order valence-corrected chi connectivity index (χ3v) is 4.70. The largest absolute Gasteiger partial charge is 0.454 e. The number of ether oxygens (including phenoxy) is 2. The highest BCUT2D eigenvalue weighted by Gasteiger charge is 2.16. The fraction of sp³-hybridized carbons (Fsp3) is 0.150. The molecule has 2 aromatic carbocycles. The third kappa shape index (κ3) is 4.42. The summed E-state index contributed by atoms with van der Waals surface area (Å²) in [6, 6.07) is 14.9. The number of pyridine rings is 1. The van der Waals surface area contributed by atoms with E-state index in [0.29, 0.717) is 46.1 Å². The van der Waals surface area contributed by atoms with Crippen molar-refractivity contribution >= 4 is 51.3 Å². The Kier molecular flexibility index (Phi) is 5.51. The van der Waals surface area contributed by atoms with Crippen LogP contribution in [0, 0.1) is 11.3 Å². The van der Waals surface area contributed by atoms with Crippen molar-refractivity contribution < 1.29 is 9.47 Å². The summed E-state index contributed by atoms with van der Waals surface area (Å²) in [6.45, 7) is 1.25. The number of halogens is 1. The molecule has 0 atom stereocenters. The standard InChI is InChI=1S/C20H16ClN5O2S/c21-14-2-1-3-15(8-14)25-20(29)24-5-4-23-19-13(10-22)6-12-7-17-18(28-11-27-17)9-16(12)26-19/h1-3,6-9H,4-5,11H2,(H,23,26)(H2,24,25,29). The van der Waals surface area contributed by atoms with Gasteiger partial charge in [-0.05, 0) is 42.5 Å². The molecule has 3 N–H and O–H groups in total. The number of nitriles is 1. The first-order valence-corrected chi connectivity index (χ1v) is 9.60. The highest BCUT2D eigenvalue weighted by Crippen LogP contribution is 2.36. The van der Waals surface area contributed by atoms with E-state index in [1.165, 1.54) is 0 Å². The predicted octanol–water partition coefficient (Wildman–Crippen LogP) is 3.89. The highest BCUT2D eigenvalue weighted by atomic mass is 35.5. The van der Waals surface area contributed by atoms with E-state index < -0.39 is 0 Å². The molecule has 7 nitrogen and oxygen atoms in total. The number of fused-ring (bicyclic) bond motifs is 2. The molecule has 1 aromatic heterocycles. The minimum absolute atomic E-state index is 0.191. The van der Waals surface area contributed by atoms with Gasteiger partial charge in [0.25, 0.3) is 0 Å². The van der Waals surface area contributed by atoms with E-state index in [-0.39, 0.29) is 6.79 Å². The Bertz CT molecular complexity index is 1130. The van der Waals surface area contributed by atoms with E-state index in [4.69, 9.17) is 33.3 Å². The van der Waals surface area contributed by atoms with Crippen LogP contribution in [-0.4, -0.2) is 30.0 Å². The maximum atomic E-state index is 9.46. The molecule has 29 heavy (non-hydrogen) atoms. The number of aromatic nitrogens is 1. The van der Waals surface area contributed by atoms with Gasteiger partial charge in [-0.1, -0.05) is 17.7 Å². The fourth-order valence-corrected chi connectivity index (χ4v) is 3.29. The molecular weight excluding hydrogens is 410 g/mol. The number of hydrogen-bond donors (Lipinski definition) is 3. The van der Waals surface area contributed by atoms with Crippen LogP contribution < -0.4 is 25.4 Å². The molecule has 0 saturated heterocycles. The van der Waals surface area contributed by atoms with Crippen LogP contribution in [0.2, 0.25) is 5.02 Å². The molecule has 1 aliphatic rings. The second-order valence-corrected chi connectivity index (χ2v) is 7.06. The molecule has 0 fully saturated rings. The Morgan fingerprint density at radius 1 is 1.17 bits per heavy atom. The van der Waals surface area contributed by atoms with Crippen molar-refractivity contribution in [3.63, 3.8) is 0 Å². The molecule has 0 amide bonds. The number of nitrogens with one attached hydrogen (secondary N) is 3. The Labute approximate surface area is 177 Å². The van der Waals surface area contributed by atoms with Gasteiger partial charge >= 0.3 is 0 Å². The number of thiocarbonyl (C=S) groups is 1. The Hall–Kier alpha value is -3.28. The molecule has 0 saturated carbocycles. The van der Waals surface area contributed by atoms with Crippen LogP contribution in [0.4, 0.5) is 11.5 Å². The lowest BCUT2D eigenvalue weighted by molar-refractivity contribution is 0.174. The van der Waals surface area contributed by atoms with Crippen LogP contribution in [0.3, 0.4) is 0 Å². The molecule has 0 aliphatic carbocycles. The fourth-order valence-electron chi connectivity index (χ4n) is 2.88. The topological polar surface area (TPSA) is 91.2 Å². The summed E-state index contributed by atoms with van der Waals surface area (Å²) < 4.78 is 10.8.